The molecule has 8 heteroatoms. The van der Waals surface area contributed by atoms with Gasteiger partial charge in [-0.1, -0.05) is 12.1 Å². The Morgan fingerprint density at radius 3 is 2.38 bits per heavy atom. The van der Waals surface area contributed by atoms with Crippen LogP contribution in [-0.4, -0.2) is 43.2 Å². The molecular weight excluding hydrogens is 432 g/mol. The van der Waals surface area contributed by atoms with Crippen LogP contribution in [0.2, 0.25) is 0 Å². The van der Waals surface area contributed by atoms with Gasteiger partial charge in [0, 0.05) is 49.0 Å². The Bertz CT molecular complexity index is 1140. The van der Waals surface area contributed by atoms with E-state index in [9.17, 15) is 4.79 Å². The molecular formula is C26H30N4O4. The summed E-state index contributed by atoms with van der Waals surface area (Å²) in [5, 5.41) is 3.00. The van der Waals surface area contributed by atoms with Crippen molar-refractivity contribution in [2.45, 2.75) is 26.7 Å². The molecule has 34 heavy (non-hydrogen) atoms. The molecule has 0 atom stereocenters. The van der Waals surface area contributed by atoms with Crippen LogP contribution in [0.25, 0.3) is 0 Å². The van der Waals surface area contributed by atoms with Crippen molar-refractivity contribution in [3.8, 4) is 23.1 Å². The van der Waals surface area contributed by atoms with E-state index < -0.39 is 0 Å². The number of piperidine rings is 1. The molecule has 1 fully saturated rings. The molecule has 1 N–H and O–H groups in total. The minimum absolute atomic E-state index is 0.00316. The first-order chi connectivity index (χ1) is 16.5. The first kappa shape index (κ1) is 23.4. The quantitative estimate of drug-likeness (QED) is 0.542. The van der Waals surface area contributed by atoms with Gasteiger partial charge in [0.1, 0.15) is 29.4 Å². The molecule has 0 unspecified atom stereocenters. The van der Waals surface area contributed by atoms with E-state index in [0.29, 0.717) is 23.1 Å². The number of aryl methyl sites for hydroxylation is 1. The Hall–Kier alpha value is -3.81. The second kappa shape index (κ2) is 10.4. The van der Waals surface area contributed by atoms with Crippen molar-refractivity contribution < 1.29 is 19.0 Å². The van der Waals surface area contributed by atoms with Crippen LogP contribution >= 0.6 is 0 Å². The summed E-state index contributed by atoms with van der Waals surface area (Å²) in [6.07, 6.45) is 2.97. The van der Waals surface area contributed by atoms with Crippen LogP contribution in [0, 0.1) is 19.8 Å². The number of carbonyl (C=O) groups is 1. The van der Waals surface area contributed by atoms with Crippen molar-refractivity contribution in [2.24, 2.45) is 5.92 Å². The maximum atomic E-state index is 12.9. The molecule has 0 radical (unpaired) electrons. The fourth-order valence-electron chi connectivity index (χ4n) is 4.00. The summed E-state index contributed by atoms with van der Waals surface area (Å²) in [6.45, 7) is 5.53. The average Bonchev–Trinajstić information content (AvgIpc) is 2.86. The molecule has 3 aromatic rings. The summed E-state index contributed by atoms with van der Waals surface area (Å²) in [4.78, 5) is 23.7. The predicted octanol–water partition coefficient (Wildman–Crippen LogP) is 4.76. The Kier molecular flexibility index (Phi) is 7.15. The van der Waals surface area contributed by atoms with Crippen LogP contribution in [0.3, 0.4) is 0 Å². The summed E-state index contributed by atoms with van der Waals surface area (Å²) < 4.78 is 16.6. The second-order valence-electron chi connectivity index (χ2n) is 8.37. The number of amides is 1. The van der Waals surface area contributed by atoms with Gasteiger partial charge >= 0.3 is 0 Å². The third-order valence-corrected chi connectivity index (χ3v) is 6.21. The Labute approximate surface area is 199 Å². The van der Waals surface area contributed by atoms with Gasteiger partial charge in [-0.05, 0) is 43.9 Å². The monoisotopic (exact) mass is 462 g/mol. The van der Waals surface area contributed by atoms with E-state index >= 15 is 0 Å². The number of nitrogens with zero attached hydrogens (tertiary/aromatic N) is 3. The number of rotatable bonds is 7. The number of methoxy groups -OCH3 is 2. The van der Waals surface area contributed by atoms with Crippen LogP contribution in [0.1, 0.15) is 24.0 Å². The fraction of sp³-hybridized carbons (Fsp3) is 0.346. The van der Waals surface area contributed by atoms with E-state index in [0.717, 1.165) is 43.1 Å². The van der Waals surface area contributed by atoms with E-state index in [4.69, 9.17) is 14.2 Å². The number of aromatic nitrogens is 2. The van der Waals surface area contributed by atoms with E-state index in [-0.39, 0.29) is 11.8 Å². The zero-order valence-electron chi connectivity index (χ0n) is 20.0. The molecule has 1 aromatic heterocycles. The molecule has 2 aromatic carbocycles. The van der Waals surface area contributed by atoms with Crippen molar-refractivity contribution in [3.05, 3.63) is 59.9 Å². The molecule has 0 bridgehead atoms. The highest BCUT2D eigenvalue weighted by molar-refractivity contribution is 5.93. The van der Waals surface area contributed by atoms with Crippen molar-refractivity contribution in [2.75, 3.05) is 37.5 Å². The van der Waals surface area contributed by atoms with Crippen molar-refractivity contribution in [1.82, 2.24) is 9.97 Å². The van der Waals surface area contributed by atoms with Gasteiger partial charge in [0.05, 0.1) is 14.2 Å². The third kappa shape index (κ3) is 5.39. The molecule has 1 aliphatic rings. The maximum Gasteiger partial charge on any atom is 0.227 e. The van der Waals surface area contributed by atoms with Crippen LogP contribution in [0.5, 0.6) is 23.1 Å². The zero-order chi connectivity index (χ0) is 24.1. The first-order valence-corrected chi connectivity index (χ1v) is 11.3. The lowest BCUT2D eigenvalue weighted by Crippen LogP contribution is -2.38. The van der Waals surface area contributed by atoms with Gasteiger partial charge in [-0.3, -0.25) is 4.79 Å². The molecule has 1 aliphatic heterocycles. The smallest absolute Gasteiger partial charge is 0.227 e. The third-order valence-electron chi connectivity index (χ3n) is 6.21. The molecule has 0 saturated carbocycles. The minimum Gasteiger partial charge on any atom is -0.497 e. The molecule has 178 valence electrons. The Morgan fingerprint density at radius 1 is 1.00 bits per heavy atom. The number of benzene rings is 2. The molecule has 0 aliphatic carbocycles. The Morgan fingerprint density at radius 2 is 1.71 bits per heavy atom. The van der Waals surface area contributed by atoms with E-state index in [1.165, 1.54) is 11.9 Å². The number of hydrogen-bond donors (Lipinski definition) is 1. The highest BCUT2D eigenvalue weighted by Gasteiger charge is 2.26. The fourth-order valence-corrected chi connectivity index (χ4v) is 4.00. The average molecular weight is 463 g/mol. The van der Waals surface area contributed by atoms with Gasteiger partial charge in [0.2, 0.25) is 11.8 Å². The van der Waals surface area contributed by atoms with Crippen molar-refractivity contribution >= 4 is 17.4 Å². The predicted molar refractivity (Wildman–Crippen MR) is 131 cm³/mol. The molecule has 8 nitrogen and oxygen atoms in total. The lowest BCUT2D eigenvalue weighted by atomic mass is 9.96. The maximum absolute atomic E-state index is 12.9. The van der Waals surface area contributed by atoms with Crippen LogP contribution < -0.4 is 24.4 Å². The summed E-state index contributed by atoms with van der Waals surface area (Å²) in [6, 6.07) is 13.2. The highest BCUT2D eigenvalue weighted by atomic mass is 16.5. The Balaban J connectivity index is 1.37. The number of anilines is 2. The summed E-state index contributed by atoms with van der Waals surface area (Å²) >= 11 is 0. The number of hydrogen-bond acceptors (Lipinski definition) is 7. The van der Waals surface area contributed by atoms with Crippen molar-refractivity contribution in [3.63, 3.8) is 0 Å². The summed E-state index contributed by atoms with van der Waals surface area (Å²) in [7, 11) is 3.17. The van der Waals surface area contributed by atoms with Gasteiger partial charge in [0.25, 0.3) is 0 Å². The van der Waals surface area contributed by atoms with Crippen molar-refractivity contribution in [1.29, 1.82) is 0 Å². The van der Waals surface area contributed by atoms with Crippen LogP contribution in [0.15, 0.2) is 48.8 Å². The number of ether oxygens (including phenoxy) is 3. The summed E-state index contributed by atoms with van der Waals surface area (Å²) in [5.74, 6) is 3.27. The normalized spacial score (nSPS) is 13.9. The lowest BCUT2D eigenvalue weighted by Gasteiger charge is -2.32. The van der Waals surface area contributed by atoms with Gasteiger partial charge in [-0.15, -0.1) is 0 Å². The topological polar surface area (TPSA) is 85.8 Å². The summed E-state index contributed by atoms with van der Waals surface area (Å²) in [5.41, 5.74) is 2.91. The number of carbonyl (C=O) groups excluding carboxylic acids is 1. The van der Waals surface area contributed by atoms with Crippen LogP contribution in [0.4, 0.5) is 11.5 Å². The second-order valence-corrected chi connectivity index (χ2v) is 8.37. The molecule has 2 heterocycles. The van der Waals surface area contributed by atoms with E-state index in [1.54, 1.807) is 32.4 Å². The molecule has 0 spiro atoms. The number of nitrogens with one attached hydrogen (secondary N) is 1. The van der Waals surface area contributed by atoms with E-state index in [1.807, 2.05) is 25.1 Å². The lowest BCUT2D eigenvalue weighted by molar-refractivity contribution is -0.120. The van der Waals surface area contributed by atoms with Gasteiger partial charge in [-0.2, -0.15) is 0 Å². The highest BCUT2D eigenvalue weighted by Crippen LogP contribution is 2.30. The van der Waals surface area contributed by atoms with Gasteiger partial charge < -0.3 is 24.4 Å². The standard InChI is InChI=1S/C26H30N4O4/c1-17-6-5-7-23(18(17)2)34-25-15-24(27-16-28-25)30-10-8-19(9-11-30)26(31)29-20-12-21(32-3)14-22(13-20)33-4/h5-7,12-16,19H,8-11H2,1-4H3,(H,29,31). The zero-order valence-corrected chi connectivity index (χ0v) is 20.0. The molecule has 4 rings (SSSR count). The minimum atomic E-state index is -0.0825. The van der Waals surface area contributed by atoms with Gasteiger partial charge in [-0.25, -0.2) is 9.97 Å². The first-order valence-electron chi connectivity index (χ1n) is 11.3. The SMILES string of the molecule is COc1cc(NC(=O)C2CCN(c3cc(Oc4cccc(C)c4C)ncn3)CC2)cc(OC)c1. The van der Waals surface area contributed by atoms with Gasteiger partial charge in [0.15, 0.2) is 0 Å². The van der Waals surface area contributed by atoms with Crippen LogP contribution in [-0.2, 0) is 4.79 Å². The molecule has 1 saturated heterocycles. The molecule has 1 amide bonds. The van der Waals surface area contributed by atoms with E-state index in [2.05, 4.69) is 33.2 Å². The largest absolute Gasteiger partial charge is 0.497 e.